The molecule has 2 aromatic heterocycles. The second-order valence-corrected chi connectivity index (χ2v) is 9.90. The van der Waals surface area contributed by atoms with Crippen LogP contribution in [0.5, 0.6) is 0 Å². The molecule has 3 heterocycles. The maximum absolute atomic E-state index is 12.6. The van der Waals surface area contributed by atoms with Crippen LogP contribution in [0.3, 0.4) is 0 Å². The smallest absolute Gasteiger partial charge is 0.410 e. The van der Waals surface area contributed by atoms with Crippen LogP contribution in [-0.2, 0) is 9.47 Å². The van der Waals surface area contributed by atoms with Crippen molar-refractivity contribution in [2.75, 3.05) is 19.7 Å². The maximum atomic E-state index is 12.6. The third-order valence-electron chi connectivity index (χ3n) is 6.08. The first-order valence-corrected chi connectivity index (χ1v) is 11.2. The van der Waals surface area contributed by atoms with Gasteiger partial charge in [0.2, 0.25) is 0 Å². The lowest BCUT2D eigenvalue weighted by Gasteiger charge is -2.34. The van der Waals surface area contributed by atoms with Crippen molar-refractivity contribution in [3.05, 3.63) is 29.2 Å². The summed E-state index contributed by atoms with van der Waals surface area (Å²) in [4.78, 5) is 19.0. The molecule has 1 saturated heterocycles. The fourth-order valence-corrected chi connectivity index (χ4v) is 4.45. The van der Waals surface area contributed by atoms with E-state index in [1.54, 1.807) is 4.90 Å². The molecule has 1 saturated carbocycles. The number of hydrogen-bond donors (Lipinski definition) is 0. The van der Waals surface area contributed by atoms with E-state index in [-0.39, 0.29) is 12.2 Å². The SMILES string of the molecule is Cc1cc(C2CN(C(=O)OC(C)(C)C)CCO2)n2nc(C3CCC(C)CC3)cc2n1. The minimum absolute atomic E-state index is 0.255. The van der Waals surface area contributed by atoms with Crippen LogP contribution in [-0.4, -0.2) is 50.9 Å². The molecule has 30 heavy (non-hydrogen) atoms. The van der Waals surface area contributed by atoms with Crippen molar-refractivity contribution < 1.29 is 14.3 Å². The van der Waals surface area contributed by atoms with Crippen molar-refractivity contribution in [3.63, 3.8) is 0 Å². The minimum Gasteiger partial charge on any atom is -0.444 e. The Labute approximate surface area is 178 Å². The van der Waals surface area contributed by atoms with Gasteiger partial charge in [0.1, 0.15) is 11.7 Å². The van der Waals surface area contributed by atoms with Gasteiger partial charge < -0.3 is 14.4 Å². The monoisotopic (exact) mass is 414 g/mol. The number of aromatic nitrogens is 3. The number of nitrogens with zero attached hydrogens (tertiary/aromatic N) is 4. The van der Waals surface area contributed by atoms with Crippen molar-refractivity contribution in [1.29, 1.82) is 0 Å². The van der Waals surface area contributed by atoms with Crippen molar-refractivity contribution in [2.24, 2.45) is 5.92 Å². The molecule has 0 spiro atoms. The molecule has 0 radical (unpaired) electrons. The molecule has 164 valence electrons. The lowest BCUT2D eigenvalue weighted by Crippen LogP contribution is -2.45. The first-order chi connectivity index (χ1) is 14.2. The number of fused-ring (bicyclic) bond motifs is 1. The number of carbonyl (C=O) groups is 1. The Morgan fingerprint density at radius 3 is 2.63 bits per heavy atom. The summed E-state index contributed by atoms with van der Waals surface area (Å²) >= 11 is 0. The van der Waals surface area contributed by atoms with E-state index in [2.05, 4.69) is 13.0 Å². The molecule has 2 fully saturated rings. The van der Waals surface area contributed by atoms with Crippen LogP contribution in [0.15, 0.2) is 12.1 Å². The van der Waals surface area contributed by atoms with Crippen LogP contribution in [0.1, 0.15) is 82.5 Å². The van der Waals surface area contributed by atoms with E-state index < -0.39 is 5.60 Å². The summed E-state index contributed by atoms with van der Waals surface area (Å²) < 4.78 is 13.6. The molecular formula is C23H34N4O3. The molecule has 0 bridgehead atoms. The van der Waals surface area contributed by atoms with Gasteiger partial charge in [-0.1, -0.05) is 19.8 Å². The summed E-state index contributed by atoms with van der Waals surface area (Å²) in [6, 6.07) is 4.15. The van der Waals surface area contributed by atoms with E-state index in [0.717, 1.165) is 28.6 Å². The fraction of sp³-hybridized carbons (Fsp3) is 0.696. The van der Waals surface area contributed by atoms with Gasteiger partial charge in [-0.3, -0.25) is 0 Å². The molecule has 2 aromatic rings. The number of rotatable bonds is 2. The summed E-state index contributed by atoms with van der Waals surface area (Å²) in [7, 11) is 0. The van der Waals surface area contributed by atoms with Crippen molar-refractivity contribution in [1.82, 2.24) is 19.5 Å². The van der Waals surface area contributed by atoms with E-state index in [9.17, 15) is 4.79 Å². The molecule has 1 unspecified atom stereocenters. The Morgan fingerprint density at radius 1 is 1.20 bits per heavy atom. The highest BCUT2D eigenvalue weighted by atomic mass is 16.6. The molecule has 2 aliphatic rings. The second kappa shape index (κ2) is 8.17. The zero-order valence-corrected chi connectivity index (χ0v) is 18.9. The van der Waals surface area contributed by atoms with Crippen LogP contribution in [0.25, 0.3) is 5.65 Å². The zero-order valence-electron chi connectivity index (χ0n) is 18.9. The molecule has 1 atom stereocenters. The average Bonchev–Trinajstić information content (AvgIpc) is 3.10. The summed E-state index contributed by atoms with van der Waals surface area (Å²) in [6.07, 6.45) is 4.34. The van der Waals surface area contributed by atoms with Gasteiger partial charge in [0.25, 0.3) is 0 Å². The Hall–Kier alpha value is -2.15. The van der Waals surface area contributed by atoms with Crippen LogP contribution < -0.4 is 0 Å². The summed E-state index contributed by atoms with van der Waals surface area (Å²) in [5.74, 6) is 1.31. The van der Waals surface area contributed by atoms with Crippen molar-refractivity contribution in [2.45, 2.75) is 77.9 Å². The molecular weight excluding hydrogens is 380 g/mol. The lowest BCUT2D eigenvalue weighted by molar-refractivity contribution is -0.0454. The molecule has 1 aliphatic carbocycles. The van der Waals surface area contributed by atoms with Gasteiger partial charge in [-0.2, -0.15) is 5.10 Å². The van der Waals surface area contributed by atoms with E-state index in [1.807, 2.05) is 38.3 Å². The van der Waals surface area contributed by atoms with Crippen molar-refractivity contribution >= 4 is 11.7 Å². The van der Waals surface area contributed by atoms with E-state index in [1.165, 1.54) is 25.7 Å². The predicted molar refractivity (Wildman–Crippen MR) is 115 cm³/mol. The third kappa shape index (κ3) is 4.61. The average molecular weight is 415 g/mol. The zero-order chi connectivity index (χ0) is 21.5. The Balaban J connectivity index is 1.59. The number of amides is 1. The molecule has 0 N–H and O–H groups in total. The van der Waals surface area contributed by atoms with Gasteiger partial charge in [-0.05, 0) is 52.5 Å². The Kier molecular flexibility index (Phi) is 5.75. The van der Waals surface area contributed by atoms with E-state index in [4.69, 9.17) is 19.6 Å². The van der Waals surface area contributed by atoms with Crippen LogP contribution in [0, 0.1) is 12.8 Å². The Morgan fingerprint density at radius 2 is 1.93 bits per heavy atom. The molecule has 7 nitrogen and oxygen atoms in total. The number of ether oxygens (including phenoxy) is 2. The molecule has 4 rings (SSSR count). The quantitative estimate of drug-likeness (QED) is 0.716. The van der Waals surface area contributed by atoms with Crippen LogP contribution >= 0.6 is 0 Å². The number of hydrogen-bond acceptors (Lipinski definition) is 5. The van der Waals surface area contributed by atoms with Gasteiger partial charge in [0.15, 0.2) is 5.65 Å². The highest BCUT2D eigenvalue weighted by Crippen LogP contribution is 2.35. The summed E-state index contributed by atoms with van der Waals surface area (Å²) in [5, 5.41) is 4.95. The van der Waals surface area contributed by atoms with Gasteiger partial charge in [-0.25, -0.2) is 14.3 Å². The van der Waals surface area contributed by atoms with Gasteiger partial charge in [0.05, 0.1) is 24.5 Å². The van der Waals surface area contributed by atoms with E-state index >= 15 is 0 Å². The second-order valence-electron chi connectivity index (χ2n) is 9.90. The normalized spacial score (nSPS) is 25.5. The summed E-state index contributed by atoms with van der Waals surface area (Å²) in [5.41, 5.74) is 3.35. The Bertz CT molecular complexity index is 909. The number of morpholine rings is 1. The van der Waals surface area contributed by atoms with Gasteiger partial charge in [0, 0.05) is 24.2 Å². The highest BCUT2D eigenvalue weighted by molar-refractivity contribution is 5.68. The van der Waals surface area contributed by atoms with Gasteiger partial charge in [-0.15, -0.1) is 0 Å². The lowest BCUT2D eigenvalue weighted by atomic mass is 9.81. The topological polar surface area (TPSA) is 69.0 Å². The number of carbonyl (C=O) groups excluding carboxylic acids is 1. The van der Waals surface area contributed by atoms with E-state index in [0.29, 0.717) is 25.6 Å². The van der Waals surface area contributed by atoms with Gasteiger partial charge >= 0.3 is 6.09 Å². The highest BCUT2D eigenvalue weighted by Gasteiger charge is 2.31. The molecule has 0 aromatic carbocycles. The van der Waals surface area contributed by atoms with Crippen molar-refractivity contribution in [3.8, 4) is 0 Å². The standard InChI is InChI=1S/C23H34N4O3/c1-15-6-8-17(9-7-15)18-13-21-24-16(2)12-19(27(21)25-18)20-14-26(10-11-29-20)22(28)30-23(3,4)5/h12-13,15,17,20H,6-11,14H2,1-5H3. The van der Waals surface area contributed by atoms with Crippen LogP contribution in [0.4, 0.5) is 4.79 Å². The maximum Gasteiger partial charge on any atom is 0.410 e. The molecule has 1 amide bonds. The largest absolute Gasteiger partial charge is 0.444 e. The third-order valence-corrected chi connectivity index (χ3v) is 6.08. The first kappa shape index (κ1) is 21.1. The fourth-order valence-electron chi connectivity index (χ4n) is 4.45. The molecule has 1 aliphatic heterocycles. The minimum atomic E-state index is -0.514. The number of aryl methyl sites for hydroxylation is 1. The summed E-state index contributed by atoms with van der Waals surface area (Å²) in [6.45, 7) is 11.4. The van der Waals surface area contributed by atoms with Crippen LogP contribution in [0.2, 0.25) is 0 Å². The predicted octanol–water partition coefficient (Wildman–Crippen LogP) is 4.64. The first-order valence-electron chi connectivity index (χ1n) is 11.2. The molecule has 7 heteroatoms.